The predicted octanol–water partition coefficient (Wildman–Crippen LogP) is 2.81. The van der Waals surface area contributed by atoms with Gasteiger partial charge in [0, 0.05) is 24.3 Å². The van der Waals surface area contributed by atoms with Crippen LogP contribution in [0.5, 0.6) is 0 Å². The Hall–Kier alpha value is -1.05. The van der Waals surface area contributed by atoms with Crippen molar-refractivity contribution >= 4 is 5.78 Å². The molecule has 2 nitrogen and oxygen atoms in total. The van der Waals surface area contributed by atoms with Gasteiger partial charge in [0.2, 0.25) is 0 Å². The molecule has 76 valence electrons. The number of hydrogen-bond acceptors (Lipinski definition) is 2. The van der Waals surface area contributed by atoms with Crippen molar-refractivity contribution in [3.63, 3.8) is 0 Å². The lowest BCUT2D eigenvalue weighted by molar-refractivity contribution is -0.117. The fraction of sp³-hybridized carbons (Fsp3) is 0.583. The van der Waals surface area contributed by atoms with Gasteiger partial charge in [-0.15, -0.1) is 0 Å². The van der Waals surface area contributed by atoms with E-state index in [1.807, 2.05) is 6.08 Å². The fourth-order valence-electron chi connectivity index (χ4n) is 2.19. The maximum atomic E-state index is 11.8. The van der Waals surface area contributed by atoms with Crippen molar-refractivity contribution in [3.8, 4) is 0 Å². The molecule has 1 aliphatic carbocycles. The SMILES string of the molecule is CC(C)C1C=COC2=C1C(=O)CCC2. The van der Waals surface area contributed by atoms with Crippen molar-refractivity contribution in [3.05, 3.63) is 23.7 Å². The van der Waals surface area contributed by atoms with Gasteiger partial charge in [-0.05, 0) is 18.4 Å². The average Bonchev–Trinajstić information content (AvgIpc) is 2.17. The molecule has 2 rings (SSSR count). The first-order valence-corrected chi connectivity index (χ1v) is 5.29. The number of Topliss-reactive ketones (excluding diaryl/α,β-unsaturated/α-hetero) is 1. The Balaban J connectivity index is 2.35. The summed E-state index contributed by atoms with van der Waals surface area (Å²) in [6, 6.07) is 0. The third-order valence-corrected chi connectivity index (χ3v) is 2.96. The van der Waals surface area contributed by atoms with Crippen LogP contribution in [-0.2, 0) is 9.53 Å². The van der Waals surface area contributed by atoms with E-state index >= 15 is 0 Å². The molecule has 0 spiro atoms. The van der Waals surface area contributed by atoms with E-state index in [1.54, 1.807) is 6.26 Å². The van der Waals surface area contributed by atoms with E-state index in [-0.39, 0.29) is 11.7 Å². The van der Waals surface area contributed by atoms with Gasteiger partial charge in [0.1, 0.15) is 5.76 Å². The molecule has 0 amide bonds. The molecule has 0 aromatic heterocycles. The summed E-state index contributed by atoms with van der Waals surface area (Å²) < 4.78 is 5.41. The van der Waals surface area contributed by atoms with E-state index < -0.39 is 0 Å². The van der Waals surface area contributed by atoms with Crippen LogP contribution in [0.2, 0.25) is 0 Å². The first-order valence-electron chi connectivity index (χ1n) is 5.29. The van der Waals surface area contributed by atoms with Gasteiger partial charge < -0.3 is 4.74 Å². The van der Waals surface area contributed by atoms with E-state index in [4.69, 9.17) is 4.74 Å². The highest BCUT2D eigenvalue weighted by Crippen LogP contribution is 2.35. The maximum absolute atomic E-state index is 11.8. The van der Waals surface area contributed by atoms with Crippen LogP contribution in [-0.4, -0.2) is 5.78 Å². The molecule has 1 atom stereocenters. The second-order valence-electron chi connectivity index (χ2n) is 4.33. The highest BCUT2D eigenvalue weighted by atomic mass is 16.5. The van der Waals surface area contributed by atoms with E-state index in [9.17, 15) is 4.79 Å². The minimum atomic E-state index is 0.270. The minimum Gasteiger partial charge on any atom is -0.469 e. The second kappa shape index (κ2) is 3.60. The van der Waals surface area contributed by atoms with Crippen LogP contribution in [0.25, 0.3) is 0 Å². The number of carbonyl (C=O) groups is 1. The normalized spacial score (nSPS) is 26.5. The molecule has 14 heavy (non-hydrogen) atoms. The highest BCUT2D eigenvalue weighted by molar-refractivity contribution is 5.97. The average molecular weight is 192 g/mol. The van der Waals surface area contributed by atoms with Gasteiger partial charge in [-0.25, -0.2) is 0 Å². The molecular formula is C12H16O2. The zero-order chi connectivity index (χ0) is 10.1. The van der Waals surface area contributed by atoms with Crippen molar-refractivity contribution < 1.29 is 9.53 Å². The molecule has 0 radical (unpaired) electrons. The molecule has 1 aliphatic heterocycles. The number of carbonyl (C=O) groups excluding carboxylic acids is 1. The number of allylic oxidation sites excluding steroid dienone is 3. The Labute approximate surface area is 84.6 Å². The lowest BCUT2D eigenvalue weighted by Crippen LogP contribution is -2.24. The van der Waals surface area contributed by atoms with E-state index in [1.165, 1.54) is 0 Å². The highest BCUT2D eigenvalue weighted by Gasteiger charge is 2.31. The fourth-order valence-corrected chi connectivity index (χ4v) is 2.19. The zero-order valence-electron chi connectivity index (χ0n) is 8.75. The molecule has 0 fully saturated rings. The molecule has 0 aromatic rings. The quantitative estimate of drug-likeness (QED) is 0.638. The van der Waals surface area contributed by atoms with Crippen molar-refractivity contribution in [2.75, 3.05) is 0 Å². The molecular weight excluding hydrogens is 176 g/mol. The molecule has 0 bridgehead atoms. The number of ether oxygens (including phenoxy) is 1. The van der Waals surface area contributed by atoms with Gasteiger partial charge in [-0.2, -0.15) is 0 Å². The van der Waals surface area contributed by atoms with E-state index in [2.05, 4.69) is 13.8 Å². The van der Waals surface area contributed by atoms with Gasteiger partial charge in [0.05, 0.1) is 6.26 Å². The Morgan fingerprint density at radius 3 is 2.93 bits per heavy atom. The Morgan fingerprint density at radius 2 is 2.21 bits per heavy atom. The van der Waals surface area contributed by atoms with E-state index in [0.29, 0.717) is 12.3 Å². The molecule has 2 heteroatoms. The van der Waals surface area contributed by atoms with Gasteiger partial charge in [-0.3, -0.25) is 4.79 Å². The van der Waals surface area contributed by atoms with Crippen LogP contribution in [0, 0.1) is 11.8 Å². The van der Waals surface area contributed by atoms with Crippen molar-refractivity contribution in [2.45, 2.75) is 33.1 Å². The summed E-state index contributed by atoms with van der Waals surface area (Å²) in [5, 5.41) is 0. The Morgan fingerprint density at radius 1 is 1.43 bits per heavy atom. The van der Waals surface area contributed by atoms with Crippen LogP contribution in [0.15, 0.2) is 23.7 Å². The molecule has 0 N–H and O–H groups in total. The van der Waals surface area contributed by atoms with Gasteiger partial charge in [0.15, 0.2) is 5.78 Å². The van der Waals surface area contributed by atoms with Gasteiger partial charge in [-0.1, -0.05) is 13.8 Å². The van der Waals surface area contributed by atoms with Crippen LogP contribution in [0.4, 0.5) is 0 Å². The molecule has 0 saturated heterocycles. The number of ketones is 1. The zero-order valence-corrected chi connectivity index (χ0v) is 8.75. The third-order valence-electron chi connectivity index (χ3n) is 2.96. The molecule has 2 aliphatic rings. The van der Waals surface area contributed by atoms with Crippen molar-refractivity contribution in [1.82, 2.24) is 0 Å². The summed E-state index contributed by atoms with van der Waals surface area (Å²) in [7, 11) is 0. The van der Waals surface area contributed by atoms with E-state index in [0.717, 1.165) is 24.2 Å². The second-order valence-corrected chi connectivity index (χ2v) is 4.33. The van der Waals surface area contributed by atoms with Crippen LogP contribution < -0.4 is 0 Å². The maximum Gasteiger partial charge on any atom is 0.162 e. The minimum absolute atomic E-state index is 0.270. The van der Waals surface area contributed by atoms with Crippen LogP contribution in [0.3, 0.4) is 0 Å². The third kappa shape index (κ3) is 1.49. The Bertz CT molecular complexity index is 310. The molecule has 0 saturated carbocycles. The summed E-state index contributed by atoms with van der Waals surface area (Å²) in [5.41, 5.74) is 0.939. The summed E-state index contributed by atoms with van der Waals surface area (Å²) in [6.45, 7) is 4.29. The van der Waals surface area contributed by atoms with Crippen LogP contribution >= 0.6 is 0 Å². The van der Waals surface area contributed by atoms with Gasteiger partial charge in [0.25, 0.3) is 0 Å². The summed E-state index contributed by atoms with van der Waals surface area (Å²) in [4.78, 5) is 11.8. The smallest absolute Gasteiger partial charge is 0.162 e. The standard InChI is InChI=1S/C12H16O2/c1-8(2)9-6-7-14-11-5-3-4-10(13)12(9)11/h6-9H,3-5H2,1-2H3. The number of rotatable bonds is 1. The monoisotopic (exact) mass is 192 g/mol. The summed E-state index contributed by atoms with van der Waals surface area (Å²) >= 11 is 0. The van der Waals surface area contributed by atoms with Crippen molar-refractivity contribution in [2.24, 2.45) is 11.8 Å². The van der Waals surface area contributed by atoms with Gasteiger partial charge >= 0.3 is 0 Å². The van der Waals surface area contributed by atoms with Crippen molar-refractivity contribution in [1.29, 1.82) is 0 Å². The molecule has 1 unspecified atom stereocenters. The molecule has 1 heterocycles. The summed E-state index contributed by atoms with van der Waals surface area (Å²) in [5.74, 6) is 1.95. The first kappa shape index (κ1) is 9.50. The topological polar surface area (TPSA) is 26.3 Å². The summed E-state index contributed by atoms with van der Waals surface area (Å²) in [6.07, 6.45) is 6.30. The Kier molecular flexibility index (Phi) is 2.44. The molecule has 0 aromatic carbocycles. The first-order chi connectivity index (χ1) is 6.70. The van der Waals surface area contributed by atoms with Crippen LogP contribution in [0.1, 0.15) is 33.1 Å². The lowest BCUT2D eigenvalue weighted by atomic mass is 9.80. The number of hydrogen-bond donors (Lipinski definition) is 0. The predicted molar refractivity (Wildman–Crippen MR) is 54.4 cm³/mol. The lowest BCUT2D eigenvalue weighted by Gasteiger charge is -2.28. The largest absolute Gasteiger partial charge is 0.469 e.